The zero-order valence-corrected chi connectivity index (χ0v) is 18.8. The van der Waals surface area contributed by atoms with Gasteiger partial charge >= 0.3 is 0 Å². The highest BCUT2D eigenvalue weighted by molar-refractivity contribution is 5.72. The third kappa shape index (κ3) is 4.03. The molecule has 4 aromatic rings. The summed E-state index contributed by atoms with van der Waals surface area (Å²) in [6.45, 7) is 8.15. The number of nitrogens with zero attached hydrogens (tertiary/aromatic N) is 6. The molecule has 0 aromatic carbocycles. The van der Waals surface area contributed by atoms with Crippen molar-refractivity contribution in [1.29, 1.82) is 0 Å². The van der Waals surface area contributed by atoms with Crippen molar-refractivity contribution in [2.24, 2.45) is 12.5 Å². The van der Waals surface area contributed by atoms with Crippen LogP contribution in [-0.4, -0.2) is 49.2 Å². The van der Waals surface area contributed by atoms with E-state index in [2.05, 4.69) is 38.5 Å². The molecule has 0 spiro atoms. The Morgan fingerprint density at radius 3 is 2.84 bits per heavy atom. The number of aromatic nitrogens is 6. The number of fused-ring (bicyclic) bond motifs is 1. The summed E-state index contributed by atoms with van der Waals surface area (Å²) in [4.78, 5) is 8.75. The molecule has 5 rings (SSSR count). The SMILES string of the molecule is Cc1cc(Nc2cc3cc(-c4c(OC[C@@]5(C)CCOC5)cnn4C)ccn3n2)nc(C)n1. The predicted octanol–water partition coefficient (Wildman–Crippen LogP) is 3.69. The second-order valence-corrected chi connectivity index (χ2v) is 8.76. The number of aryl methyl sites for hydroxylation is 3. The fraction of sp³-hybridized carbons (Fsp3) is 0.391. The van der Waals surface area contributed by atoms with Crippen molar-refractivity contribution in [1.82, 2.24) is 29.4 Å². The van der Waals surface area contributed by atoms with Crippen LogP contribution in [0.15, 0.2) is 36.7 Å². The molecule has 0 saturated carbocycles. The van der Waals surface area contributed by atoms with E-state index < -0.39 is 0 Å². The number of ether oxygens (including phenoxy) is 2. The fourth-order valence-corrected chi connectivity index (χ4v) is 4.04. The van der Waals surface area contributed by atoms with Crippen LogP contribution < -0.4 is 10.1 Å². The van der Waals surface area contributed by atoms with Gasteiger partial charge in [0.15, 0.2) is 11.6 Å². The minimum atomic E-state index is 0.0424. The third-order valence-electron chi connectivity index (χ3n) is 5.74. The first-order valence-corrected chi connectivity index (χ1v) is 10.7. The van der Waals surface area contributed by atoms with Gasteiger partial charge in [0.05, 0.1) is 24.9 Å². The van der Waals surface area contributed by atoms with Crippen molar-refractivity contribution in [3.63, 3.8) is 0 Å². The molecule has 5 heterocycles. The molecule has 0 aliphatic carbocycles. The van der Waals surface area contributed by atoms with E-state index in [0.29, 0.717) is 6.61 Å². The maximum atomic E-state index is 6.21. The number of rotatable bonds is 6. The predicted molar refractivity (Wildman–Crippen MR) is 121 cm³/mol. The molecule has 0 bridgehead atoms. The van der Waals surface area contributed by atoms with Gasteiger partial charge in [0, 0.05) is 48.7 Å². The quantitative estimate of drug-likeness (QED) is 0.496. The van der Waals surface area contributed by atoms with Crippen LogP contribution in [0.4, 0.5) is 11.6 Å². The molecule has 1 aliphatic rings. The van der Waals surface area contributed by atoms with E-state index in [1.807, 2.05) is 54.5 Å². The number of pyridine rings is 1. The molecule has 32 heavy (non-hydrogen) atoms. The minimum Gasteiger partial charge on any atom is -0.489 e. The van der Waals surface area contributed by atoms with E-state index in [1.54, 1.807) is 6.20 Å². The molecular weight excluding hydrogens is 406 g/mol. The molecule has 1 saturated heterocycles. The Hall–Kier alpha value is -3.46. The van der Waals surface area contributed by atoms with Gasteiger partial charge in [-0.25, -0.2) is 14.5 Å². The summed E-state index contributed by atoms with van der Waals surface area (Å²) in [7, 11) is 1.93. The van der Waals surface area contributed by atoms with Crippen LogP contribution in [0.3, 0.4) is 0 Å². The van der Waals surface area contributed by atoms with Crippen molar-refractivity contribution < 1.29 is 9.47 Å². The van der Waals surface area contributed by atoms with Crippen molar-refractivity contribution in [3.8, 4) is 17.0 Å². The highest BCUT2D eigenvalue weighted by atomic mass is 16.5. The third-order valence-corrected chi connectivity index (χ3v) is 5.74. The maximum Gasteiger partial charge on any atom is 0.165 e. The van der Waals surface area contributed by atoms with E-state index in [0.717, 1.165) is 65.3 Å². The molecule has 1 fully saturated rings. The van der Waals surface area contributed by atoms with Gasteiger partial charge in [-0.2, -0.15) is 10.2 Å². The molecule has 9 heteroatoms. The van der Waals surface area contributed by atoms with E-state index in [9.17, 15) is 0 Å². The zero-order chi connectivity index (χ0) is 22.3. The highest BCUT2D eigenvalue weighted by Gasteiger charge is 2.31. The first-order chi connectivity index (χ1) is 15.4. The standard InChI is InChI=1S/C23H27N7O2/c1-15-9-20(26-16(2)25-15)27-21-11-18-10-17(5-7-30(18)28-21)22-19(12-24-29(22)4)32-14-23(3)6-8-31-13-23/h5,7,9-12H,6,8,13-14H2,1-4H3,(H,25,26,27,28)/t23-/m0/s1. The van der Waals surface area contributed by atoms with E-state index >= 15 is 0 Å². The molecule has 1 N–H and O–H groups in total. The lowest BCUT2D eigenvalue weighted by atomic mass is 9.91. The van der Waals surface area contributed by atoms with Crippen LogP contribution in [0.25, 0.3) is 16.8 Å². The molecule has 1 atom stereocenters. The van der Waals surface area contributed by atoms with Crippen LogP contribution in [0.1, 0.15) is 24.9 Å². The lowest BCUT2D eigenvalue weighted by Crippen LogP contribution is -2.25. The van der Waals surface area contributed by atoms with Crippen LogP contribution in [0, 0.1) is 19.3 Å². The Morgan fingerprint density at radius 2 is 2.06 bits per heavy atom. The summed E-state index contributed by atoms with van der Waals surface area (Å²) >= 11 is 0. The topological polar surface area (TPSA) is 91.4 Å². The molecule has 1 aliphatic heterocycles. The maximum absolute atomic E-state index is 6.21. The lowest BCUT2D eigenvalue weighted by molar-refractivity contribution is 0.118. The van der Waals surface area contributed by atoms with Gasteiger partial charge in [-0.3, -0.25) is 4.68 Å². The number of anilines is 2. The van der Waals surface area contributed by atoms with Crippen molar-refractivity contribution in [3.05, 3.63) is 48.2 Å². The monoisotopic (exact) mass is 433 g/mol. The summed E-state index contributed by atoms with van der Waals surface area (Å²) in [5.41, 5.74) is 3.86. The Labute approximate surface area is 186 Å². The van der Waals surface area contributed by atoms with Crippen LogP contribution in [-0.2, 0) is 11.8 Å². The summed E-state index contributed by atoms with van der Waals surface area (Å²) in [6.07, 6.45) is 4.72. The summed E-state index contributed by atoms with van der Waals surface area (Å²) in [5.74, 6) is 2.94. The van der Waals surface area contributed by atoms with Gasteiger partial charge in [0.25, 0.3) is 0 Å². The van der Waals surface area contributed by atoms with E-state index in [-0.39, 0.29) is 5.41 Å². The first-order valence-electron chi connectivity index (χ1n) is 10.7. The van der Waals surface area contributed by atoms with Gasteiger partial charge < -0.3 is 14.8 Å². The Kier molecular flexibility index (Phi) is 5.05. The normalized spacial score (nSPS) is 18.4. The Morgan fingerprint density at radius 1 is 1.19 bits per heavy atom. The Bertz CT molecular complexity index is 1250. The molecular formula is C23H27N7O2. The summed E-state index contributed by atoms with van der Waals surface area (Å²) in [6, 6.07) is 7.99. The molecule has 0 radical (unpaired) electrons. The van der Waals surface area contributed by atoms with E-state index in [1.165, 1.54) is 0 Å². The number of hydrogen-bond acceptors (Lipinski definition) is 7. The number of hydrogen-bond donors (Lipinski definition) is 1. The highest BCUT2D eigenvalue weighted by Crippen LogP contribution is 2.34. The van der Waals surface area contributed by atoms with Gasteiger partial charge in [-0.15, -0.1) is 0 Å². The molecule has 166 valence electrons. The first kappa shape index (κ1) is 20.4. The number of nitrogens with one attached hydrogen (secondary N) is 1. The average molecular weight is 434 g/mol. The van der Waals surface area contributed by atoms with Crippen LogP contribution in [0.5, 0.6) is 5.75 Å². The summed E-state index contributed by atoms with van der Waals surface area (Å²) < 4.78 is 15.4. The largest absolute Gasteiger partial charge is 0.489 e. The van der Waals surface area contributed by atoms with Gasteiger partial charge in [-0.05, 0) is 32.4 Å². The van der Waals surface area contributed by atoms with Crippen LogP contribution in [0.2, 0.25) is 0 Å². The Balaban J connectivity index is 1.41. The van der Waals surface area contributed by atoms with Crippen molar-refractivity contribution in [2.45, 2.75) is 27.2 Å². The smallest absolute Gasteiger partial charge is 0.165 e. The fourth-order valence-electron chi connectivity index (χ4n) is 4.04. The van der Waals surface area contributed by atoms with Crippen molar-refractivity contribution in [2.75, 3.05) is 25.1 Å². The van der Waals surface area contributed by atoms with Gasteiger partial charge in [0.1, 0.15) is 17.3 Å². The summed E-state index contributed by atoms with van der Waals surface area (Å²) in [5, 5.41) is 12.3. The molecule has 9 nitrogen and oxygen atoms in total. The second kappa shape index (κ2) is 7.90. The van der Waals surface area contributed by atoms with Gasteiger partial charge in [0.2, 0.25) is 0 Å². The van der Waals surface area contributed by atoms with Gasteiger partial charge in [-0.1, -0.05) is 6.92 Å². The molecule has 0 unspecified atom stereocenters. The average Bonchev–Trinajstić information content (AvgIpc) is 3.43. The molecule has 4 aromatic heterocycles. The molecule has 0 amide bonds. The van der Waals surface area contributed by atoms with E-state index in [4.69, 9.17) is 9.47 Å². The lowest BCUT2D eigenvalue weighted by Gasteiger charge is -2.21. The minimum absolute atomic E-state index is 0.0424. The van der Waals surface area contributed by atoms with Crippen molar-refractivity contribution >= 4 is 17.2 Å². The zero-order valence-electron chi connectivity index (χ0n) is 18.8. The van der Waals surface area contributed by atoms with Crippen LogP contribution >= 0.6 is 0 Å². The second-order valence-electron chi connectivity index (χ2n) is 8.76.